The van der Waals surface area contributed by atoms with E-state index in [1.807, 2.05) is 0 Å². The van der Waals surface area contributed by atoms with Gasteiger partial charge in [0.1, 0.15) is 0 Å². The third kappa shape index (κ3) is 11.4. The van der Waals surface area contributed by atoms with Gasteiger partial charge in [-0.15, -0.1) is 0 Å². The van der Waals surface area contributed by atoms with E-state index in [2.05, 4.69) is 6.92 Å². The molecule has 0 heterocycles. The van der Waals surface area contributed by atoms with E-state index in [0.717, 1.165) is 12.8 Å². The fourth-order valence-electron chi connectivity index (χ4n) is 1.32. The highest BCUT2D eigenvalue weighted by atomic mass is 16.5. The summed E-state index contributed by atoms with van der Waals surface area (Å²) in [4.78, 5) is 11.1. The maximum absolute atomic E-state index is 11.1. The SMILES string of the molecule is CCCCCCCOC(=O)CCCOC. The molecule has 90 valence electrons. The highest BCUT2D eigenvalue weighted by Gasteiger charge is 2.01. The van der Waals surface area contributed by atoms with Gasteiger partial charge >= 0.3 is 5.97 Å². The Morgan fingerprint density at radius 3 is 2.40 bits per heavy atom. The van der Waals surface area contributed by atoms with E-state index in [1.165, 1.54) is 25.7 Å². The van der Waals surface area contributed by atoms with Gasteiger partial charge in [0.25, 0.3) is 0 Å². The molecule has 15 heavy (non-hydrogen) atoms. The van der Waals surface area contributed by atoms with Gasteiger partial charge in [-0.2, -0.15) is 0 Å². The Morgan fingerprint density at radius 2 is 1.73 bits per heavy atom. The van der Waals surface area contributed by atoms with Crippen LogP contribution in [0.15, 0.2) is 0 Å². The lowest BCUT2D eigenvalue weighted by Crippen LogP contribution is -2.06. The molecule has 0 unspecified atom stereocenters. The Morgan fingerprint density at radius 1 is 1.00 bits per heavy atom. The van der Waals surface area contributed by atoms with Gasteiger partial charge < -0.3 is 9.47 Å². The van der Waals surface area contributed by atoms with Crippen molar-refractivity contribution in [3.8, 4) is 0 Å². The van der Waals surface area contributed by atoms with Gasteiger partial charge in [-0.25, -0.2) is 0 Å². The predicted octanol–water partition coefficient (Wildman–Crippen LogP) is 2.93. The molecule has 0 aromatic rings. The first-order valence-electron chi connectivity index (χ1n) is 5.95. The number of methoxy groups -OCH3 is 1. The molecule has 0 N–H and O–H groups in total. The number of hydrogen-bond donors (Lipinski definition) is 0. The monoisotopic (exact) mass is 216 g/mol. The van der Waals surface area contributed by atoms with Crippen molar-refractivity contribution in [2.75, 3.05) is 20.3 Å². The average Bonchev–Trinajstić information content (AvgIpc) is 2.23. The fourth-order valence-corrected chi connectivity index (χ4v) is 1.32. The molecule has 0 spiro atoms. The molecule has 3 heteroatoms. The minimum absolute atomic E-state index is 0.0949. The molecule has 0 atom stereocenters. The van der Waals surface area contributed by atoms with Crippen LogP contribution in [0, 0.1) is 0 Å². The first-order valence-corrected chi connectivity index (χ1v) is 5.95. The van der Waals surface area contributed by atoms with Gasteiger partial charge in [0, 0.05) is 20.1 Å². The standard InChI is InChI=1S/C12H24O3/c1-3-4-5-6-7-11-15-12(13)9-8-10-14-2/h3-11H2,1-2H3. The molecule has 0 radical (unpaired) electrons. The molecular weight excluding hydrogens is 192 g/mol. The molecule has 0 aliphatic rings. The van der Waals surface area contributed by atoms with Crippen LogP contribution in [-0.2, 0) is 14.3 Å². The van der Waals surface area contributed by atoms with Crippen molar-refractivity contribution in [3.05, 3.63) is 0 Å². The van der Waals surface area contributed by atoms with E-state index >= 15 is 0 Å². The van der Waals surface area contributed by atoms with Crippen LogP contribution >= 0.6 is 0 Å². The van der Waals surface area contributed by atoms with Crippen LogP contribution in [0.25, 0.3) is 0 Å². The Balaban J connectivity index is 3.10. The van der Waals surface area contributed by atoms with Gasteiger partial charge in [-0.1, -0.05) is 32.6 Å². The number of unbranched alkanes of at least 4 members (excludes halogenated alkanes) is 4. The Labute approximate surface area is 93.1 Å². The summed E-state index contributed by atoms with van der Waals surface area (Å²) in [6, 6.07) is 0. The molecular formula is C12H24O3. The third-order valence-electron chi connectivity index (χ3n) is 2.24. The molecule has 0 aliphatic heterocycles. The smallest absolute Gasteiger partial charge is 0.305 e. The van der Waals surface area contributed by atoms with E-state index in [4.69, 9.17) is 9.47 Å². The molecule has 0 saturated heterocycles. The van der Waals surface area contributed by atoms with Crippen molar-refractivity contribution in [2.24, 2.45) is 0 Å². The van der Waals surface area contributed by atoms with Crippen LogP contribution in [0.4, 0.5) is 0 Å². The zero-order chi connectivity index (χ0) is 11.4. The number of rotatable bonds is 10. The van der Waals surface area contributed by atoms with Crippen molar-refractivity contribution >= 4 is 5.97 Å². The summed E-state index contributed by atoms with van der Waals surface area (Å²) in [7, 11) is 1.64. The molecule has 0 fully saturated rings. The fraction of sp³-hybridized carbons (Fsp3) is 0.917. The lowest BCUT2D eigenvalue weighted by atomic mass is 10.2. The summed E-state index contributed by atoms with van der Waals surface area (Å²) in [5.74, 6) is -0.0949. The van der Waals surface area contributed by atoms with E-state index < -0.39 is 0 Å². The Bertz CT molecular complexity index is 146. The van der Waals surface area contributed by atoms with Crippen molar-refractivity contribution < 1.29 is 14.3 Å². The lowest BCUT2D eigenvalue weighted by Gasteiger charge is -2.04. The highest BCUT2D eigenvalue weighted by molar-refractivity contribution is 5.69. The summed E-state index contributed by atoms with van der Waals surface area (Å²) in [6.45, 7) is 3.40. The Hall–Kier alpha value is -0.570. The largest absolute Gasteiger partial charge is 0.466 e. The first kappa shape index (κ1) is 14.4. The molecule has 0 amide bonds. The van der Waals surface area contributed by atoms with E-state index in [-0.39, 0.29) is 5.97 Å². The maximum atomic E-state index is 11.1. The Kier molecular flexibility index (Phi) is 11.1. The van der Waals surface area contributed by atoms with Gasteiger partial charge in [0.15, 0.2) is 0 Å². The van der Waals surface area contributed by atoms with Gasteiger partial charge in [-0.05, 0) is 12.8 Å². The molecule has 0 aromatic heterocycles. The van der Waals surface area contributed by atoms with Crippen LogP contribution in [-0.4, -0.2) is 26.3 Å². The molecule has 3 nitrogen and oxygen atoms in total. The zero-order valence-corrected chi connectivity index (χ0v) is 10.1. The second kappa shape index (κ2) is 11.5. The van der Waals surface area contributed by atoms with E-state index in [0.29, 0.717) is 19.6 Å². The van der Waals surface area contributed by atoms with Gasteiger partial charge in [0.2, 0.25) is 0 Å². The second-order valence-electron chi connectivity index (χ2n) is 3.73. The number of hydrogen-bond acceptors (Lipinski definition) is 3. The minimum Gasteiger partial charge on any atom is -0.466 e. The van der Waals surface area contributed by atoms with Crippen LogP contribution in [0.2, 0.25) is 0 Å². The second-order valence-corrected chi connectivity index (χ2v) is 3.73. The minimum atomic E-state index is -0.0949. The van der Waals surface area contributed by atoms with Crippen LogP contribution in [0.3, 0.4) is 0 Å². The van der Waals surface area contributed by atoms with Crippen molar-refractivity contribution in [1.29, 1.82) is 0 Å². The molecule has 0 saturated carbocycles. The maximum Gasteiger partial charge on any atom is 0.305 e. The summed E-state index contributed by atoms with van der Waals surface area (Å²) >= 11 is 0. The number of ether oxygens (including phenoxy) is 2. The lowest BCUT2D eigenvalue weighted by molar-refractivity contribution is -0.144. The molecule has 0 aliphatic carbocycles. The number of carbonyl (C=O) groups excluding carboxylic acids is 1. The van der Waals surface area contributed by atoms with Gasteiger partial charge in [-0.3, -0.25) is 4.79 Å². The number of esters is 1. The zero-order valence-electron chi connectivity index (χ0n) is 10.1. The van der Waals surface area contributed by atoms with Crippen LogP contribution in [0.1, 0.15) is 51.9 Å². The van der Waals surface area contributed by atoms with Crippen molar-refractivity contribution in [2.45, 2.75) is 51.9 Å². The van der Waals surface area contributed by atoms with E-state index in [9.17, 15) is 4.79 Å². The van der Waals surface area contributed by atoms with Crippen molar-refractivity contribution in [3.63, 3.8) is 0 Å². The quantitative estimate of drug-likeness (QED) is 0.416. The normalized spacial score (nSPS) is 10.3. The molecule has 0 bridgehead atoms. The molecule has 0 rings (SSSR count). The van der Waals surface area contributed by atoms with E-state index in [1.54, 1.807) is 7.11 Å². The molecule has 0 aromatic carbocycles. The average molecular weight is 216 g/mol. The summed E-state index contributed by atoms with van der Waals surface area (Å²) in [5.41, 5.74) is 0. The van der Waals surface area contributed by atoms with Crippen LogP contribution in [0.5, 0.6) is 0 Å². The highest BCUT2D eigenvalue weighted by Crippen LogP contribution is 2.03. The predicted molar refractivity (Wildman–Crippen MR) is 60.8 cm³/mol. The van der Waals surface area contributed by atoms with Crippen molar-refractivity contribution in [1.82, 2.24) is 0 Å². The summed E-state index contributed by atoms with van der Waals surface area (Å²) in [5, 5.41) is 0. The number of carbonyl (C=O) groups is 1. The topological polar surface area (TPSA) is 35.5 Å². The first-order chi connectivity index (χ1) is 7.31. The van der Waals surface area contributed by atoms with Gasteiger partial charge in [0.05, 0.1) is 6.61 Å². The van der Waals surface area contributed by atoms with Crippen LogP contribution < -0.4 is 0 Å². The third-order valence-corrected chi connectivity index (χ3v) is 2.24. The summed E-state index contributed by atoms with van der Waals surface area (Å²) < 4.78 is 9.93. The summed E-state index contributed by atoms with van der Waals surface area (Å²) in [6.07, 6.45) is 7.17.